The molecule has 0 aliphatic carbocycles. The summed E-state index contributed by atoms with van der Waals surface area (Å²) in [6.45, 7) is 2.26. The first kappa shape index (κ1) is 9.59. The van der Waals surface area contributed by atoms with E-state index in [-0.39, 0.29) is 0 Å². The van der Waals surface area contributed by atoms with Crippen LogP contribution >= 0.6 is 0 Å². The Hall–Kier alpha value is -0.960. The number of aryl methyl sites for hydroxylation is 1. The zero-order valence-corrected chi connectivity index (χ0v) is 8.61. The summed E-state index contributed by atoms with van der Waals surface area (Å²) in [5.74, 6) is 0. The second kappa shape index (κ2) is 4.51. The van der Waals surface area contributed by atoms with Crippen LogP contribution in [-0.4, -0.2) is 22.1 Å². The molecule has 2 heterocycles. The van der Waals surface area contributed by atoms with Crippen LogP contribution in [0.4, 0.5) is 0 Å². The molecule has 0 bridgehead atoms. The summed E-state index contributed by atoms with van der Waals surface area (Å²) in [6.07, 6.45) is 10.3. The van der Waals surface area contributed by atoms with Gasteiger partial charge in [-0.3, -0.25) is 0 Å². The van der Waals surface area contributed by atoms with E-state index in [0.29, 0.717) is 12.1 Å². The molecule has 1 aromatic rings. The molecule has 1 fully saturated rings. The van der Waals surface area contributed by atoms with Crippen molar-refractivity contribution in [2.24, 2.45) is 0 Å². The Morgan fingerprint density at radius 2 is 2.14 bits per heavy atom. The van der Waals surface area contributed by atoms with Crippen LogP contribution in [0, 0.1) is 0 Å². The Kier molecular flexibility index (Phi) is 3.09. The van der Waals surface area contributed by atoms with E-state index in [0.717, 1.165) is 6.42 Å². The number of rotatable bonds is 3. The van der Waals surface area contributed by atoms with Crippen LogP contribution in [0.3, 0.4) is 0 Å². The molecule has 1 aliphatic heterocycles. The molecule has 14 heavy (non-hydrogen) atoms. The minimum Gasteiger partial charge on any atom is -0.311 e. The van der Waals surface area contributed by atoms with Crippen LogP contribution in [-0.2, 0) is 6.42 Å². The smallest absolute Gasteiger partial charge is 0.115 e. The average molecular weight is 191 g/mol. The average Bonchev–Trinajstić information content (AvgIpc) is 2.63. The van der Waals surface area contributed by atoms with Crippen LogP contribution in [0.15, 0.2) is 18.7 Å². The number of hydrogen-bond acceptors (Lipinski definition) is 3. The van der Waals surface area contributed by atoms with E-state index in [1.807, 2.05) is 12.4 Å². The lowest BCUT2D eigenvalue weighted by atomic mass is 10.1. The molecule has 1 N–H and O–H groups in total. The highest BCUT2D eigenvalue weighted by molar-refractivity contribution is 5.03. The van der Waals surface area contributed by atoms with E-state index in [1.54, 1.807) is 6.33 Å². The first-order valence-corrected chi connectivity index (χ1v) is 5.34. The van der Waals surface area contributed by atoms with E-state index < -0.39 is 0 Å². The Morgan fingerprint density at radius 1 is 1.36 bits per heavy atom. The lowest BCUT2D eigenvalue weighted by molar-refractivity contribution is 0.526. The van der Waals surface area contributed by atoms with Crippen molar-refractivity contribution in [3.63, 3.8) is 0 Å². The predicted molar refractivity (Wildman–Crippen MR) is 56.0 cm³/mol. The molecular formula is C11H17N3. The van der Waals surface area contributed by atoms with Crippen LogP contribution in [0.1, 0.15) is 31.7 Å². The van der Waals surface area contributed by atoms with E-state index in [4.69, 9.17) is 0 Å². The summed E-state index contributed by atoms with van der Waals surface area (Å²) in [5, 5.41) is 3.58. The summed E-state index contributed by atoms with van der Waals surface area (Å²) in [6, 6.07) is 1.40. The standard InChI is InChI=1S/C11H17N3/c1-9-2-4-11(14-9)5-3-10-6-12-8-13-7-10/h6-9,11,14H,2-5H2,1H3/t9-,11-/m1/s1. The number of hydrogen-bond donors (Lipinski definition) is 1. The minimum atomic E-state index is 0.699. The molecule has 0 amide bonds. The van der Waals surface area contributed by atoms with Gasteiger partial charge in [-0.25, -0.2) is 9.97 Å². The molecule has 0 aromatic carbocycles. The summed E-state index contributed by atoms with van der Waals surface area (Å²) in [5.41, 5.74) is 1.24. The van der Waals surface area contributed by atoms with Gasteiger partial charge in [0.05, 0.1) is 0 Å². The molecule has 0 unspecified atom stereocenters. The normalized spacial score (nSPS) is 26.6. The van der Waals surface area contributed by atoms with Crippen molar-refractivity contribution in [2.75, 3.05) is 0 Å². The Bertz CT molecular complexity index is 273. The Balaban J connectivity index is 1.78. The van der Waals surface area contributed by atoms with Crippen molar-refractivity contribution < 1.29 is 0 Å². The van der Waals surface area contributed by atoms with Gasteiger partial charge in [0.1, 0.15) is 6.33 Å². The maximum atomic E-state index is 4.01. The third-order valence-corrected chi connectivity index (χ3v) is 2.86. The van der Waals surface area contributed by atoms with Crippen molar-refractivity contribution in [2.45, 2.75) is 44.7 Å². The third-order valence-electron chi connectivity index (χ3n) is 2.86. The molecule has 3 nitrogen and oxygen atoms in total. The number of aromatic nitrogens is 2. The van der Waals surface area contributed by atoms with Crippen molar-refractivity contribution in [3.8, 4) is 0 Å². The quantitative estimate of drug-likeness (QED) is 0.787. The fourth-order valence-corrected chi connectivity index (χ4v) is 2.05. The molecular weight excluding hydrogens is 174 g/mol. The summed E-state index contributed by atoms with van der Waals surface area (Å²) in [4.78, 5) is 8.03. The first-order valence-electron chi connectivity index (χ1n) is 5.34. The number of nitrogens with zero attached hydrogens (tertiary/aromatic N) is 2. The van der Waals surface area contributed by atoms with Gasteiger partial charge < -0.3 is 5.32 Å². The maximum Gasteiger partial charge on any atom is 0.115 e. The Morgan fingerprint density at radius 3 is 2.79 bits per heavy atom. The van der Waals surface area contributed by atoms with Crippen molar-refractivity contribution >= 4 is 0 Å². The lowest BCUT2D eigenvalue weighted by Gasteiger charge is -2.10. The van der Waals surface area contributed by atoms with Crippen LogP contribution in [0.2, 0.25) is 0 Å². The van der Waals surface area contributed by atoms with Gasteiger partial charge in [0.25, 0.3) is 0 Å². The number of nitrogens with one attached hydrogen (secondary N) is 1. The predicted octanol–water partition coefficient (Wildman–Crippen LogP) is 1.55. The zero-order chi connectivity index (χ0) is 9.80. The zero-order valence-electron chi connectivity index (χ0n) is 8.61. The van der Waals surface area contributed by atoms with Gasteiger partial charge in [-0.15, -0.1) is 0 Å². The molecule has 0 saturated carbocycles. The highest BCUT2D eigenvalue weighted by atomic mass is 15.0. The summed E-state index contributed by atoms with van der Waals surface area (Å²) < 4.78 is 0. The SMILES string of the molecule is C[C@@H]1CC[C@H](CCc2cncnc2)N1. The molecule has 0 spiro atoms. The summed E-state index contributed by atoms with van der Waals surface area (Å²) >= 11 is 0. The van der Waals surface area contributed by atoms with E-state index in [9.17, 15) is 0 Å². The topological polar surface area (TPSA) is 37.8 Å². The van der Waals surface area contributed by atoms with Gasteiger partial charge in [0.2, 0.25) is 0 Å². The van der Waals surface area contributed by atoms with Crippen LogP contribution in [0.25, 0.3) is 0 Å². The maximum absolute atomic E-state index is 4.01. The van der Waals surface area contributed by atoms with Gasteiger partial charge in [-0.2, -0.15) is 0 Å². The van der Waals surface area contributed by atoms with Gasteiger partial charge in [0, 0.05) is 24.5 Å². The highest BCUT2D eigenvalue weighted by Crippen LogP contribution is 2.16. The fourth-order valence-electron chi connectivity index (χ4n) is 2.05. The van der Waals surface area contributed by atoms with Crippen LogP contribution in [0.5, 0.6) is 0 Å². The van der Waals surface area contributed by atoms with Crippen molar-refractivity contribution in [1.82, 2.24) is 15.3 Å². The molecule has 2 rings (SSSR count). The van der Waals surface area contributed by atoms with Gasteiger partial charge in [-0.1, -0.05) is 0 Å². The molecule has 2 atom stereocenters. The second-order valence-corrected chi connectivity index (χ2v) is 4.13. The monoisotopic (exact) mass is 191 g/mol. The highest BCUT2D eigenvalue weighted by Gasteiger charge is 2.19. The molecule has 3 heteroatoms. The largest absolute Gasteiger partial charge is 0.311 e. The molecule has 76 valence electrons. The summed E-state index contributed by atoms with van der Waals surface area (Å²) in [7, 11) is 0. The fraction of sp³-hybridized carbons (Fsp3) is 0.636. The van der Waals surface area contributed by atoms with Crippen LogP contribution < -0.4 is 5.32 Å². The lowest BCUT2D eigenvalue weighted by Crippen LogP contribution is -2.27. The van der Waals surface area contributed by atoms with E-state index >= 15 is 0 Å². The van der Waals surface area contributed by atoms with Gasteiger partial charge in [0.15, 0.2) is 0 Å². The molecule has 1 saturated heterocycles. The van der Waals surface area contributed by atoms with Crippen molar-refractivity contribution in [3.05, 3.63) is 24.3 Å². The van der Waals surface area contributed by atoms with E-state index in [1.165, 1.54) is 24.8 Å². The molecule has 1 aliphatic rings. The van der Waals surface area contributed by atoms with Gasteiger partial charge >= 0.3 is 0 Å². The molecule has 0 radical (unpaired) electrons. The molecule has 1 aromatic heterocycles. The van der Waals surface area contributed by atoms with Gasteiger partial charge in [-0.05, 0) is 38.2 Å². The Labute approximate surface area is 85.0 Å². The van der Waals surface area contributed by atoms with Crippen molar-refractivity contribution in [1.29, 1.82) is 0 Å². The minimum absolute atomic E-state index is 0.699. The van der Waals surface area contributed by atoms with E-state index in [2.05, 4.69) is 22.2 Å². The second-order valence-electron chi connectivity index (χ2n) is 4.13. The third kappa shape index (κ3) is 2.51. The first-order chi connectivity index (χ1) is 6.84.